The van der Waals surface area contributed by atoms with Gasteiger partial charge in [-0.05, 0) is 61.4 Å². The molecule has 0 spiro atoms. The van der Waals surface area contributed by atoms with Crippen LogP contribution >= 0.6 is 0 Å². The fourth-order valence-electron chi connectivity index (χ4n) is 3.51. The first kappa shape index (κ1) is 22.0. The third-order valence-corrected chi connectivity index (χ3v) is 4.91. The second-order valence-electron chi connectivity index (χ2n) is 7.48. The van der Waals surface area contributed by atoms with Crippen molar-refractivity contribution in [3.63, 3.8) is 0 Å². The predicted molar refractivity (Wildman–Crippen MR) is 114 cm³/mol. The van der Waals surface area contributed by atoms with Crippen LogP contribution in [0.15, 0.2) is 42.5 Å². The quantitative estimate of drug-likeness (QED) is 0.716. The van der Waals surface area contributed by atoms with Gasteiger partial charge in [-0.3, -0.25) is 14.4 Å². The minimum atomic E-state index is -0.665. The lowest BCUT2D eigenvalue weighted by molar-refractivity contribution is -0.151. The van der Waals surface area contributed by atoms with Gasteiger partial charge in [0.2, 0.25) is 5.91 Å². The first-order valence-electron chi connectivity index (χ1n) is 9.80. The average molecular weight is 424 g/mol. The minimum Gasteiger partial charge on any atom is -0.465 e. The number of carbonyl (C=O) groups is 4. The highest BCUT2D eigenvalue weighted by molar-refractivity contribution is 6.00. The molecule has 8 heteroatoms. The Hall–Kier alpha value is -3.68. The summed E-state index contributed by atoms with van der Waals surface area (Å²) in [6.07, 6.45) is -0.00369. The molecule has 1 fully saturated rings. The fourth-order valence-corrected chi connectivity index (χ4v) is 3.51. The zero-order chi connectivity index (χ0) is 22.5. The molecular formula is C23H24N2O6. The Bertz CT molecular complexity index is 995. The Morgan fingerprint density at radius 2 is 1.71 bits per heavy atom. The van der Waals surface area contributed by atoms with E-state index in [0.717, 1.165) is 11.1 Å². The standard InChI is InChI=1S/C23H24N2O6/c1-14-8-15(2)10-18(9-14)24-20(26)13-31-23(29)17-11-21(27)25(12-17)19-6-4-16(5-7-19)22(28)30-3/h4-10,17H,11-13H2,1-3H3,(H,24,26)/t17-/m1/s1. The van der Waals surface area contributed by atoms with E-state index in [-0.39, 0.29) is 18.9 Å². The number of nitrogens with zero attached hydrogens (tertiary/aromatic N) is 1. The largest absolute Gasteiger partial charge is 0.465 e. The van der Waals surface area contributed by atoms with Crippen LogP contribution in [0.3, 0.4) is 0 Å². The number of anilines is 2. The van der Waals surface area contributed by atoms with Gasteiger partial charge < -0.3 is 19.7 Å². The van der Waals surface area contributed by atoms with Gasteiger partial charge in [-0.2, -0.15) is 0 Å². The van der Waals surface area contributed by atoms with E-state index < -0.39 is 30.4 Å². The predicted octanol–water partition coefficient (Wildman–Crippen LogP) is 2.62. The number of hydrogen-bond donors (Lipinski definition) is 1. The van der Waals surface area contributed by atoms with Gasteiger partial charge in [0.25, 0.3) is 5.91 Å². The van der Waals surface area contributed by atoms with Crippen LogP contribution in [0.1, 0.15) is 27.9 Å². The van der Waals surface area contributed by atoms with Gasteiger partial charge in [-0.1, -0.05) is 6.07 Å². The van der Waals surface area contributed by atoms with Crippen molar-refractivity contribution in [1.29, 1.82) is 0 Å². The third-order valence-electron chi connectivity index (χ3n) is 4.91. The van der Waals surface area contributed by atoms with Gasteiger partial charge in [-0.25, -0.2) is 4.79 Å². The summed E-state index contributed by atoms with van der Waals surface area (Å²) >= 11 is 0. The lowest BCUT2D eigenvalue weighted by Crippen LogP contribution is -2.28. The molecule has 2 aromatic rings. The van der Waals surface area contributed by atoms with Crippen molar-refractivity contribution < 1.29 is 28.7 Å². The molecule has 162 valence electrons. The highest BCUT2D eigenvalue weighted by Crippen LogP contribution is 2.26. The number of carbonyl (C=O) groups excluding carboxylic acids is 4. The molecular weight excluding hydrogens is 400 g/mol. The monoisotopic (exact) mass is 424 g/mol. The third kappa shape index (κ3) is 5.48. The molecule has 1 N–H and O–H groups in total. The summed E-state index contributed by atoms with van der Waals surface area (Å²) in [5, 5.41) is 2.70. The van der Waals surface area contributed by atoms with Crippen molar-refractivity contribution in [3.8, 4) is 0 Å². The van der Waals surface area contributed by atoms with Crippen molar-refractivity contribution in [2.45, 2.75) is 20.3 Å². The van der Waals surface area contributed by atoms with E-state index in [0.29, 0.717) is 16.9 Å². The van der Waals surface area contributed by atoms with Crippen molar-refractivity contribution in [3.05, 3.63) is 59.2 Å². The average Bonchev–Trinajstić information content (AvgIpc) is 3.12. The van der Waals surface area contributed by atoms with Gasteiger partial charge in [0, 0.05) is 24.3 Å². The lowest BCUT2D eigenvalue weighted by atomic mass is 10.1. The summed E-state index contributed by atoms with van der Waals surface area (Å²) in [4.78, 5) is 49.8. The minimum absolute atomic E-state index is 0.00369. The topological polar surface area (TPSA) is 102 Å². The Morgan fingerprint density at radius 1 is 1.06 bits per heavy atom. The molecule has 31 heavy (non-hydrogen) atoms. The Balaban J connectivity index is 1.54. The second kappa shape index (κ2) is 9.42. The summed E-state index contributed by atoms with van der Waals surface area (Å²) in [5.74, 6) is -2.41. The Labute approximate surface area is 180 Å². The van der Waals surface area contributed by atoms with Gasteiger partial charge in [0.15, 0.2) is 6.61 Å². The normalized spacial score (nSPS) is 15.5. The van der Waals surface area contributed by atoms with E-state index in [2.05, 4.69) is 10.1 Å². The molecule has 1 saturated heterocycles. The maximum Gasteiger partial charge on any atom is 0.337 e. The van der Waals surface area contributed by atoms with Crippen LogP contribution < -0.4 is 10.2 Å². The van der Waals surface area contributed by atoms with Crippen molar-refractivity contribution in [2.75, 3.05) is 30.5 Å². The number of nitrogens with one attached hydrogen (secondary N) is 1. The highest BCUT2D eigenvalue weighted by Gasteiger charge is 2.36. The summed E-state index contributed by atoms with van der Waals surface area (Å²) in [7, 11) is 1.29. The van der Waals surface area contributed by atoms with E-state index >= 15 is 0 Å². The number of amides is 2. The van der Waals surface area contributed by atoms with Crippen LogP contribution in [-0.2, 0) is 23.9 Å². The van der Waals surface area contributed by atoms with E-state index in [9.17, 15) is 19.2 Å². The number of aryl methyl sites for hydroxylation is 2. The second-order valence-corrected chi connectivity index (χ2v) is 7.48. The van der Waals surface area contributed by atoms with Gasteiger partial charge in [0.1, 0.15) is 0 Å². The first-order valence-corrected chi connectivity index (χ1v) is 9.80. The highest BCUT2D eigenvalue weighted by atomic mass is 16.5. The zero-order valence-electron chi connectivity index (χ0n) is 17.6. The molecule has 0 aliphatic carbocycles. The van der Waals surface area contributed by atoms with E-state index in [1.54, 1.807) is 24.3 Å². The number of rotatable bonds is 6. The molecule has 1 atom stereocenters. The summed E-state index contributed by atoms with van der Waals surface area (Å²) in [6.45, 7) is 3.57. The summed E-state index contributed by atoms with van der Waals surface area (Å²) < 4.78 is 9.78. The number of hydrogen-bond acceptors (Lipinski definition) is 6. The molecule has 2 aromatic carbocycles. The smallest absolute Gasteiger partial charge is 0.337 e. The maximum absolute atomic E-state index is 12.4. The van der Waals surface area contributed by atoms with Crippen LogP contribution in [0, 0.1) is 19.8 Å². The Morgan fingerprint density at radius 3 is 2.32 bits per heavy atom. The first-order chi connectivity index (χ1) is 14.8. The molecule has 0 unspecified atom stereocenters. The van der Waals surface area contributed by atoms with Crippen LogP contribution in [-0.4, -0.2) is 44.0 Å². The van der Waals surface area contributed by atoms with E-state index in [1.807, 2.05) is 32.0 Å². The van der Waals surface area contributed by atoms with Crippen LogP contribution in [0.25, 0.3) is 0 Å². The Kier molecular flexibility index (Phi) is 6.69. The van der Waals surface area contributed by atoms with Crippen LogP contribution in [0.2, 0.25) is 0 Å². The molecule has 8 nitrogen and oxygen atoms in total. The number of ether oxygens (including phenoxy) is 2. The molecule has 1 heterocycles. The molecule has 0 radical (unpaired) electrons. The van der Waals surface area contributed by atoms with Crippen molar-refractivity contribution in [1.82, 2.24) is 0 Å². The van der Waals surface area contributed by atoms with Crippen molar-refractivity contribution in [2.24, 2.45) is 5.92 Å². The molecule has 1 aliphatic rings. The maximum atomic E-state index is 12.4. The van der Waals surface area contributed by atoms with E-state index in [4.69, 9.17) is 4.74 Å². The molecule has 0 aromatic heterocycles. The molecule has 0 bridgehead atoms. The van der Waals surface area contributed by atoms with Crippen LogP contribution in [0.4, 0.5) is 11.4 Å². The molecule has 0 saturated carbocycles. The van der Waals surface area contributed by atoms with Gasteiger partial charge in [-0.15, -0.1) is 0 Å². The van der Waals surface area contributed by atoms with Gasteiger partial charge in [0.05, 0.1) is 18.6 Å². The SMILES string of the molecule is COC(=O)c1ccc(N2C[C@H](C(=O)OCC(=O)Nc3cc(C)cc(C)c3)CC2=O)cc1. The van der Waals surface area contributed by atoms with Crippen molar-refractivity contribution >= 4 is 35.1 Å². The number of esters is 2. The summed E-state index contributed by atoms with van der Waals surface area (Å²) in [6, 6.07) is 12.0. The van der Waals surface area contributed by atoms with Gasteiger partial charge >= 0.3 is 11.9 Å². The molecule has 2 amide bonds. The summed E-state index contributed by atoms with van der Waals surface area (Å²) in [5.41, 5.74) is 3.59. The zero-order valence-corrected chi connectivity index (χ0v) is 17.6. The number of benzene rings is 2. The fraction of sp³-hybridized carbons (Fsp3) is 0.304. The van der Waals surface area contributed by atoms with E-state index in [1.165, 1.54) is 12.0 Å². The molecule has 1 aliphatic heterocycles. The van der Waals surface area contributed by atoms with Crippen LogP contribution in [0.5, 0.6) is 0 Å². The lowest BCUT2D eigenvalue weighted by Gasteiger charge is -2.17. The molecule has 3 rings (SSSR count). The number of methoxy groups -OCH3 is 1.